The van der Waals surface area contributed by atoms with Gasteiger partial charge in [-0.2, -0.15) is 0 Å². The van der Waals surface area contributed by atoms with Crippen LogP contribution in [0.15, 0.2) is 41.8 Å². The molecule has 0 aliphatic rings. The minimum absolute atomic E-state index is 0.167. The van der Waals surface area contributed by atoms with Gasteiger partial charge in [-0.15, -0.1) is 6.58 Å². The van der Waals surface area contributed by atoms with Gasteiger partial charge in [0.25, 0.3) is 0 Å². The van der Waals surface area contributed by atoms with Crippen molar-refractivity contribution in [3.63, 3.8) is 0 Å². The Hall–Kier alpha value is -1.33. The molecular formula is C11H16N2O2S. The summed E-state index contributed by atoms with van der Waals surface area (Å²) in [7, 11) is -3.45. The van der Waals surface area contributed by atoms with Crippen molar-refractivity contribution in [2.24, 2.45) is 0 Å². The Morgan fingerprint density at radius 2 is 2.00 bits per heavy atom. The maximum atomic E-state index is 11.8. The van der Waals surface area contributed by atoms with E-state index in [0.717, 1.165) is 0 Å². The second-order valence-electron chi connectivity index (χ2n) is 3.62. The average molecular weight is 240 g/mol. The molecule has 0 saturated heterocycles. The second kappa shape index (κ2) is 5.14. The number of anilines is 1. The lowest BCUT2D eigenvalue weighted by Crippen LogP contribution is -2.32. The first-order chi connectivity index (χ1) is 7.45. The summed E-state index contributed by atoms with van der Waals surface area (Å²) >= 11 is 0. The molecule has 0 bridgehead atoms. The van der Waals surface area contributed by atoms with Gasteiger partial charge in [-0.3, -0.25) is 0 Å². The number of nitrogens with one attached hydrogen (secondary N) is 1. The predicted molar refractivity (Wildman–Crippen MR) is 65.5 cm³/mol. The molecular weight excluding hydrogens is 224 g/mol. The quantitative estimate of drug-likeness (QED) is 0.605. The van der Waals surface area contributed by atoms with Crippen LogP contribution in [-0.2, 0) is 10.0 Å². The lowest BCUT2D eigenvalue weighted by atomic mass is 10.3. The number of hydrogen-bond donors (Lipinski definition) is 2. The normalized spacial score (nSPS) is 13.3. The van der Waals surface area contributed by atoms with E-state index in [1.54, 1.807) is 25.1 Å². The number of rotatable bonds is 5. The van der Waals surface area contributed by atoms with Crippen LogP contribution in [0.4, 0.5) is 5.69 Å². The van der Waals surface area contributed by atoms with Crippen molar-refractivity contribution in [1.29, 1.82) is 0 Å². The van der Waals surface area contributed by atoms with Gasteiger partial charge in [-0.25, -0.2) is 13.1 Å². The van der Waals surface area contributed by atoms with Crippen LogP contribution in [0.1, 0.15) is 13.3 Å². The van der Waals surface area contributed by atoms with Crippen molar-refractivity contribution in [1.82, 2.24) is 4.72 Å². The molecule has 0 aliphatic carbocycles. The summed E-state index contributed by atoms with van der Waals surface area (Å²) in [6.45, 7) is 5.35. The summed E-state index contributed by atoms with van der Waals surface area (Å²) in [6.07, 6.45) is 2.27. The van der Waals surface area contributed by atoms with Crippen molar-refractivity contribution in [2.75, 3.05) is 5.73 Å². The third-order valence-electron chi connectivity index (χ3n) is 2.07. The number of hydrogen-bond acceptors (Lipinski definition) is 3. The van der Waals surface area contributed by atoms with E-state index in [-0.39, 0.29) is 10.9 Å². The number of nitrogen functional groups attached to an aromatic ring is 1. The standard InChI is InChI=1S/C11H16N2O2S/c1-3-4-9(2)13-16(14,15)11-7-5-10(12)6-8-11/h3,5-9,13H,1,4,12H2,2H3. The van der Waals surface area contributed by atoms with Crippen LogP contribution in [0.3, 0.4) is 0 Å². The molecule has 1 aromatic carbocycles. The smallest absolute Gasteiger partial charge is 0.240 e. The minimum Gasteiger partial charge on any atom is -0.399 e. The molecule has 0 aliphatic heterocycles. The molecule has 0 amide bonds. The van der Waals surface area contributed by atoms with E-state index >= 15 is 0 Å². The molecule has 0 spiro atoms. The van der Waals surface area contributed by atoms with Gasteiger partial charge < -0.3 is 5.73 Å². The Morgan fingerprint density at radius 1 is 1.44 bits per heavy atom. The Bertz CT molecular complexity index is 451. The minimum atomic E-state index is -3.45. The van der Waals surface area contributed by atoms with Crippen LogP contribution in [-0.4, -0.2) is 14.5 Å². The van der Waals surface area contributed by atoms with Gasteiger partial charge in [0, 0.05) is 11.7 Å². The Morgan fingerprint density at radius 3 is 2.50 bits per heavy atom. The van der Waals surface area contributed by atoms with Crippen LogP contribution >= 0.6 is 0 Å². The molecule has 1 atom stereocenters. The molecule has 0 radical (unpaired) electrons. The zero-order chi connectivity index (χ0) is 12.2. The maximum Gasteiger partial charge on any atom is 0.240 e. The summed E-state index contributed by atoms with van der Waals surface area (Å²) in [5, 5.41) is 0. The van der Waals surface area contributed by atoms with E-state index in [9.17, 15) is 8.42 Å². The van der Waals surface area contributed by atoms with E-state index in [0.29, 0.717) is 12.1 Å². The molecule has 0 aromatic heterocycles. The fourth-order valence-corrected chi connectivity index (χ4v) is 2.53. The Kier molecular flexibility index (Phi) is 4.09. The highest BCUT2D eigenvalue weighted by Crippen LogP contribution is 2.12. The third kappa shape index (κ3) is 3.36. The first kappa shape index (κ1) is 12.7. The molecule has 1 aromatic rings. The molecule has 0 saturated carbocycles. The summed E-state index contributed by atoms with van der Waals surface area (Å²) in [6, 6.07) is 5.93. The highest BCUT2D eigenvalue weighted by Gasteiger charge is 2.15. The van der Waals surface area contributed by atoms with E-state index in [1.807, 2.05) is 0 Å². The van der Waals surface area contributed by atoms with Crippen molar-refractivity contribution in [3.05, 3.63) is 36.9 Å². The molecule has 5 heteroatoms. The zero-order valence-corrected chi connectivity index (χ0v) is 10.00. The Labute approximate surface area is 96.2 Å². The van der Waals surface area contributed by atoms with Crippen LogP contribution in [0, 0.1) is 0 Å². The van der Waals surface area contributed by atoms with E-state index in [2.05, 4.69) is 11.3 Å². The van der Waals surface area contributed by atoms with Crippen molar-refractivity contribution >= 4 is 15.7 Å². The molecule has 16 heavy (non-hydrogen) atoms. The highest BCUT2D eigenvalue weighted by molar-refractivity contribution is 7.89. The van der Waals surface area contributed by atoms with Crippen LogP contribution in [0.5, 0.6) is 0 Å². The van der Waals surface area contributed by atoms with Gasteiger partial charge in [0.2, 0.25) is 10.0 Å². The van der Waals surface area contributed by atoms with Gasteiger partial charge in [-0.05, 0) is 37.6 Å². The summed E-state index contributed by atoms with van der Waals surface area (Å²) in [5.74, 6) is 0. The number of nitrogens with two attached hydrogens (primary N) is 1. The van der Waals surface area contributed by atoms with Gasteiger partial charge in [0.15, 0.2) is 0 Å². The third-order valence-corrected chi connectivity index (χ3v) is 3.67. The predicted octanol–water partition coefficient (Wildman–Crippen LogP) is 1.51. The molecule has 88 valence electrons. The first-order valence-electron chi connectivity index (χ1n) is 4.94. The lowest BCUT2D eigenvalue weighted by Gasteiger charge is -2.12. The molecule has 1 unspecified atom stereocenters. The van der Waals surface area contributed by atoms with Gasteiger partial charge in [0.1, 0.15) is 0 Å². The summed E-state index contributed by atoms with van der Waals surface area (Å²) < 4.78 is 26.2. The monoisotopic (exact) mass is 240 g/mol. The molecule has 3 N–H and O–H groups in total. The van der Waals surface area contributed by atoms with E-state index in [1.165, 1.54) is 12.1 Å². The van der Waals surface area contributed by atoms with Crippen molar-refractivity contribution in [2.45, 2.75) is 24.3 Å². The SMILES string of the molecule is C=CCC(C)NS(=O)(=O)c1ccc(N)cc1. The zero-order valence-electron chi connectivity index (χ0n) is 9.18. The molecule has 4 nitrogen and oxygen atoms in total. The summed E-state index contributed by atoms with van der Waals surface area (Å²) in [5.41, 5.74) is 6.03. The number of sulfonamides is 1. The molecule has 0 fully saturated rings. The summed E-state index contributed by atoms with van der Waals surface area (Å²) in [4.78, 5) is 0.220. The van der Waals surface area contributed by atoms with E-state index < -0.39 is 10.0 Å². The highest BCUT2D eigenvalue weighted by atomic mass is 32.2. The fraction of sp³-hybridized carbons (Fsp3) is 0.273. The number of benzene rings is 1. The Balaban J connectivity index is 2.85. The van der Waals surface area contributed by atoms with Crippen molar-refractivity contribution in [3.8, 4) is 0 Å². The van der Waals surface area contributed by atoms with Crippen LogP contribution in [0.2, 0.25) is 0 Å². The first-order valence-corrected chi connectivity index (χ1v) is 6.43. The van der Waals surface area contributed by atoms with Crippen LogP contribution in [0.25, 0.3) is 0 Å². The fourth-order valence-electron chi connectivity index (χ4n) is 1.28. The van der Waals surface area contributed by atoms with Gasteiger partial charge >= 0.3 is 0 Å². The van der Waals surface area contributed by atoms with Gasteiger partial charge in [-0.1, -0.05) is 6.08 Å². The average Bonchev–Trinajstić information content (AvgIpc) is 2.17. The molecule has 0 heterocycles. The largest absolute Gasteiger partial charge is 0.399 e. The van der Waals surface area contributed by atoms with Crippen molar-refractivity contribution < 1.29 is 8.42 Å². The molecule has 1 rings (SSSR count). The maximum absolute atomic E-state index is 11.8. The van der Waals surface area contributed by atoms with Crippen LogP contribution < -0.4 is 10.5 Å². The second-order valence-corrected chi connectivity index (χ2v) is 5.33. The lowest BCUT2D eigenvalue weighted by molar-refractivity contribution is 0.562. The van der Waals surface area contributed by atoms with E-state index in [4.69, 9.17) is 5.73 Å². The topological polar surface area (TPSA) is 72.2 Å². The van der Waals surface area contributed by atoms with Gasteiger partial charge in [0.05, 0.1) is 4.90 Å².